The second kappa shape index (κ2) is 7.59. The Bertz CT molecular complexity index is 1090. The van der Waals surface area contributed by atoms with Crippen molar-refractivity contribution < 1.29 is 19.1 Å². The quantitative estimate of drug-likeness (QED) is 0.679. The smallest absolute Gasteiger partial charge is 0.266 e. The van der Waals surface area contributed by atoms with Crippen LogP contribution in [0.15, 0.2) is 72.8 Å². The van der Waals surface area contributed by atoms with E-state index in [-0.39, 0.29) is 23.8 Å². The molecule has 3 aromatic carbocycles. The summed E-state index contributed by atoms with van der Waals surface area (Å²) in [7, 11) is 1.58. The third-order valence-corrected chi connectivity index (χ3v) is 4.71. The van der Waals surface area contributed by atoms with Gasteiger partial charge in [-0.15, -0.1) is 0 Å². The summed E-state index contributed by atoms with van der Waals surface area (Å²) in [5.74, 6) is -0.263. The van der Waals surface area contributed by atoms with Crippen molar-refractivity contribution in [3.63, 3.8) is 0 Å². The molecule has 6 nitrogen and oxygen atoms in total. The van der Waals surface area contributed by atoms with Crippen LogP contribution in [-0.2, 0) is 11.2 Å². The van der Waals surface area contributed by atoms with Crippen LogP contribution in [0, 0.1) is 0 Å². The molecule has 0 atom stereocenters. The number of rotatable bonds is 5. The lowest BCUT2D eigenvalue weighted by molar-refractivity contribution is -0.115. The molecule has 0 aliphatic carbocycles. The van der Waals surface area contributed by atoms with E-state index in [1.807, 2.05) is 18.2 Å². The van der Waals surface area contributed by atoms with E-state index in [1.165, 1.54) is 0 Å². The highest BCUT2D eigenvalue weighted by Gasteiger charge is 2.36. The Labute approximate surface area is 167 Å². The molecule has 0 unspecified atom stereocenters. The van der Waals surface area contributed by atoms with E-state index in [0.717, 1.165) is 16.2 Å². The van der Waals surface area contributed by atoms with Crippen molar-refractivity contribution in [1.82, 2.24) is 0 Å². The van der Waals surface area contributed by atoms with Crippen molar-refractivity contribution in [3.8, 4) is 5.75 Å². The van der Waals surface area contributed by atoms with E-state index in [1.54, 1.807) is 61.7 Å². The van der Waals surface area contributed by atoms with Crippen LogP contribution in [0.3, 0.4) is 0 Å². The van der Waals surface area contributed by atoms with E-state index in [4.69, 9.17) is 4.74 Å². The van der Waals surface area contributed by atoms with Crippen LogP contribution in [-0.4, -0.2) is 24.8 Å². The molecule has 3 amide bonds. The van der Waals surface area contributed by atoms with E-state index in [2.05, 4.69) is 5.32 Å². The number of imide groups is 1. The minimum atomic E-state index is -0.401. The molecule has 0 fully saturated rings. The predicted molar refractivity (Wildman–Crippen MR) is 109 cm³/mol. The highest BCUT2D eigenvalue weighted by atomic mass is 16.5. The van der Waals surface area contributed by atoms with Crippen molar-refractivity contribution in [1.29, 1.82) is 0 Å². The molecule has 0 aromatic heterocycles. The third kappa shape index (κ3) is 3.60. The SMILES string of the molecule is COc1ccc(CC(=O)Nc2ccc3c(c2)C(=O)N(c2ccccc2)C3=O)cc1. The van der Waals surface area contributed by atoms with Gasteiger partial charge >= 0.3 is 0 Å². The summed E-state index contributed by atoms with van der Waals surface area (Å²) >= 11 is 0. The van der Waals surface area contributed by atoms with Crippen molar-refractivity contribution >= 4 is 29.1 Å². The number of nitrogens with zero attached hydrogens (tertiary/aromatic N) is 1. The zero-order chi connectivity index (χ0) is 20.4. The van der Waals surface area contributed by atoms with Crippen LogP contribution in [0.2, 0.25) is 0 Å². The first-order valence-corrected chi connectivity index (χ1v) is 9.07. The number of carbonyl (C=O) groups is 3. The van der Waals surface area contributed by atoms with Crippen LogP contribution >= 0.6 is 0 Å². The molecule has 1 aliphatic heterocycles. The summed E-state index contributed by atoms with van der Waals surface area (Å²) in [6.45, 7) is 0. The van der Waals surface area contributed by atoms with E-state index in [9.17, 15) is 14.4 Å². The van der Waals surface area contributed by atoms with Gasteiger partial charge in [-0.05, 0) is 48.0 Å². The molecule has 29 heavy (non-hydrogen) atoms. The summed E-state index contributed by atoms with van der Waals surface area (Å²) in [4.78, 5) is 38.9. The maximum Gasteiger partial charge on any atom is 0.266 e. The molecule has 3 aromatic rings. The second-order valence-electron chi connectivity index (χ2n) is 6.61. The number of amides is 3. The van der Waals surface area contributed by atoms with Gasteiger partial charge in [0, 0.05) is 5.69 Å². The van der Waals surface area contributed by atoms with Gasteiger partial charge < -0.3 is 10.1 Å². The fourth-order valence-corrected chi connectivity index (χ4v) is 3.26. The van der Waals surface area contributed by atoms with Gasteiger partial charge in [0.15, 0.2) is 0 Å². The first-order chi connectivity index (χ1) is 14.1. The summed E-state index contributed by atoms with van der Waals surface area (Å²) in [5.41, 5.74) is 2.43. The van der Waals surface area contributed by atoms with Gasteiger partial charge in [0.1, 0.15) is 5.75 Å². The third-order valence-electron chi connectivity index (χ3n) is 4.71. The largest absolute Gasteiger partial charge is 0.497 e. The normalized spacial score (nSPS) is 12.7. The summed E-state index contributed by atoms with van der Waals surface area (Å²) in [6, 6.07) is 20.7. The van der Waals surface area contributed by atoms with Gasteiger partial charge in [-0.25, -0.2) is 4.90 Å². The lowest BCUT2D eigenvalue weighted by Gasteiger charge is -2.13. The monoisotopic (exact) mass is 386 g/mol. The Hall–Kier alpha value is -3.93. The van der Waals surface area contributed by atoms with Crippen molar-refractivity contribution in [2.75, 3.05) is 17.3 Å². The van der Waals surface area contributed by atoms with Gasteiger partial charge in [0.25, 0.3) is 11.8 Å². The minimum Gasteiger partial charge on any atom is -0.497 e. The van der Waals surface area contributed by atoms with Crippen LogP contribution in [0.5, 0.6) is 5.75 Å². The number of nitrogens with one attached hydrogen (secondary N) is 1. The maximum absolute atomic E-state index is 12.8. The molecule has 0 radical (unpaired) electrons. The molecule has 0 saturated carbocycles. The molecular formula is C23H18N2O4. The first kappa shape index (κ1) is 18.4. The van der Waals surface area contributed by atoms with Crippen LogP contribution < -0.4 is 15.0 Å². The number of para-hydroxylation sites is 1. The molecule has 4 rings (SSSR count). The van der Waals surface area contributed by atoms with Gasteiger partial charge in [-0.2, -0.15) is 0 Å². The van der Waals surface area contributed by atoms with Crippen molar-refractivity contribution in [2.24, 2.45) is 0 Å². The molecule has 0 bridgehead atoms. The zero-order valence-corrected chi connectivity index (χ0v) is 15.7. The van der Waals surface area contributed by atoms with E-state index >= 15 is 0 Å². The number of methoxy groups -OCH3 is 1. The number of fused-ring (bicyclic) bond motifs is 1. The number of ether oxygens (including phenoxy) is 1. The zero-order valence-electron chi connectivity index (χ0n) is 15.7. The molecule has 6 heteroatoms. The number of anilines is 2. The predicted octanol–water partition coefficient (Wildman–Crippen LogP) is 3.68. The molecular weight excluding hydrogens is 368 g/mol. The van der Waals surface area contributed by atoms with Crippen molar-refractivity contribution in [2.45, 2.75) is 6.42 Å². The fraction of sp³-hybridized carbons (Fsp3) is 0.0870. The van der Waals surface area contributed by atoms with Gasteiger partial charge in [0.05, 0.1) is 30.3 Å². The molecule has 0 spiro atoms. The van der Waals surface area contributed by atoms with E-state index in [0.29, 0.717) is 16.9 Å². The Morgan fingerprint density at radius 2 is 1.59 bits per heavy atom. The average Bonchev–Trinajstić information content (AvgIpc) is 2.99. The minimum absolute atomic E-state index is 0.185. The van der Waals surface area contributed by atoms with Crippen LogP contribution in [0.25, 0.3) is 0 Å². The second-order valence-corrected chi connectivity index (χ2v) is 6.61. The average molecular weight is 386 g/mol. The lowest BCUT2D eigenvalue weighted by Crippen LogP contribution is -2.29. The number of hydrogen-bond acceptors (Lipinski definition) is 4. The Kier molecular flexibility index (Phi) is 4.83. The lowest BCUT2D eigenvalue weighted by atomic mass is 10.1. The van der Waals surface area contributed by atoms with Crippen LogP contribution in [0.4, 0.5) is 11.4 Å². The Morgan fingerprint density at radius 3 is 2.28 bits per heavy atom. The number of carbonyl (C=O) groups excluding carboxylic acids is 3. The first-order valence-electron chi connectivity index (χ1n) is 9.07. The van der Waals surface area contributed by atoms with Gasteiger partial charge in [-0.1, -0.05) is 30.3 Å². The summed E-state index contributed by atoms with van der Waals surface area (Å²) < 4.78 is 5.11. The van der Waals surface area contributed by atoms with Gasteiger partial charge in [-0.3, -0.25) is 14.4 Å². The molecule has 1 N–H and O–H groups in total. The maximum atomic E-state index is 12.8. The summed E-state index contributed by atoms with van der Waals surface area (Å²) in [5, 5.41) is 2.79. The van der Waals surface area contributed by atoms with E-state index < -0.39 is 5.91 Å². The highest BCUT2D eigenvalue weighted by molar-refractivity contribution is 6.34. The Balaban J connectivity index is 1.50. The number of benzene rings is 3. The molecule has 0 saturated heterocycles. The summed E-state index contributed by atoms with van der Waals surface area (Å²) in [6.07, 6.45) is 0.185. The highest BCUT2D eigenvalue weighted by Crippen LogP contribution is 2.30. The molecule has 1 aliphatic rings. The molecule has 144 valence electrons. The molecule has 1 heterocycles. The topological polar surface area (TPSA) is 75.7 Å². The van der Waals surface area contributed by atoms with Crippen LogP contribution in [0.1, 0.15) is 26.3 Å². The number of hydrogen-bond donors (Lipinski definition) is 1. The fourth-order valence-electron chi connectivity index (χ4n) is 3.26. The standard InChI is InChI=1S/C23H18N2O4/c1-29-18-10-7-15(8-11-18)13-21(26)24-16-9-12-19-20(14-16)23(28)25(22(19)27)17-5-3-2-4-6-17/h2-12,14H,13H2,1H3,(H,24,26). The Morgan fingerprint density at radius 1 is 0.897 bits per heavy atom. The van der Waals surface area contributed by atoms with Crippen molar-refractivity contribution in [3.05, 3.63) is 89.5 Å². The van der Waals surface area contributed by atoms with Gasteiger partial charge in [0.2, 0.25) is 5.91 Å².